The lowest BCUT2D eigenvalue weighted by Gasteiger charge is -2.30. The Balaban J connectivity index is 1.98. The summed E-state index contributed by atoms with van der Waals surface area (Å²) in [5.74, 6) is 0.349. The van der Waals surface area contributed by atoms with E-state index in [0.717, 1.165) is 6.42 Å². The van der Waals surface area contributed by atoms with Crippen LogP contribution < -0.4 is 0 Å². The summed E-state index contributed by atoms with van der Waals surface area (Å²) in [5.41, 5.74) is 1.98. The zero-order chi connectivity index (χ0) is 17.1. The van der Waals surface area contributed by atoms with Crippen molar-refractivity contribution in [2.45, 2.75) is 20.3 Å². The Hall–Kier alpha value is -2.48. The molecule has 3 atom stereocenters. The summed E-state index contributed by atoms with van der Waals surface area (Å²) >= 11 is 0. The first-order chi connectivity index (χ1) is 11.6. The van der Waals surface area contributed by atoms with Crippen LogP contribution in [0.5, 0.6) is 0 Å². The number of carbonyl (C=O) groups is 2. The number of rotatable bonds is 4. The fourth-order valence-corrected chi connectivity index (χ4v) is 3.32. The SMILES string of the molecule is CC1C=C(C(=O)c2ccccc2)C(C(=O)c2ccccc2)CC1C. The normalized spacial score (nSPS) is 23.4. The first-order valence-electron chi connectivity index (χ1n) is 8.48. The van der Waals surface area contributed by atoms with Gasteiger partial charge in [-0.1, -0.05) is 80.6 Å². The zero-order valence-corrected chi connectivity index (χ0v) is 14.1. The smallest absolute Gasteiger partial charge is 0.189 e. The van der Waals surface area contributed by atoms with E-state index in [9.17, 15) is 9.59 Å². The van der Waals surface area contributed by atoms with Crippen molar-refractivity contribution in [1.82, 2.24) is 0 Å². The summed E-state index contributed by atoms with van der Waals surface area (Å²) in [4.78, 5) is 26.0. The van der Waals surface area contributed by atoms with Crippen LogP contribution in [0.2, 0.25) is 0 Å². The van der Waals surface area contributed by atoms with Crippen LogP contribution in [0.15, 0.2) is 72.3 Å². The molecule has 0 amide bonds. The van der Waals surface area contributed by atoms with Gasteiger partial charge in [-0.2, -0.15) is 0 Å². The summed E-state index contributed by atoms with van der Waals surface area (Å²) in [7, 11) is 0. The molecule has 0 bridgehead atoms. The first-order valence-corrected chi connectivity index (χ1v) is 8.48. The summed E-state index contributed by atoms with van der Waals surface area (Å²) in [5, 5.41) is 0. The van der Waals surface area contributed by atoms with Crippen LogP contribution in [0.1, 0.15) is 41.0 Å². The van der Waals surface area contributed by atoms with E-state index in [1.165, 1.54) is 0 Å². The van der Waals surface area contributed by atoms with Crippen molar-refractivity contribution in [2.75, 3.05) is 0 Å². The van der Waals surface area contributed by atoms with E-state index in [-0.39, 0.29) is 17.5 Å². The number of ketones is 2. The van der Waals surface area contributed by atoms with Gasteiger partial charge in [0.2, 0.25) is 0 Å². The average Bonchev–Trinajstić information content (AvgIpc) is 2.64. The molecule has 3 rings (SSSR count). The van der Waals surface area contributed by atoms with E-state index < -0.39 is 0 Å². The van der Waals surface area contributed by atoms with Crippen molar-refractivity contribution in [1.29, 1.82) is 0 Å². The van der Waals surface area contributed by atoms with E-state index in [1.54, 1.807) is 0 Å². The molecule has 0 N–H and O–H groups in total. The maximum Gasteiger partial charge on any atom is 0.189 e. The fourth-order valence-electron chi connectivity index (χ4n) is 3.32. The lowest BCUT2D eigenvalue weighted by atomic mass is 9.72. The molecule has 0 saturated carbocycles. The van der Waals surface area contributed by atoms with E-state index in [4.69, 9.17) is 0 Å². The highest BCUT2D eigenvalue weighted by atomic mass is 16.1. The van der Waals surface area contributed by atoms with Crippen molar-refractivity contribution in [3.8, 4) is 0 Å². The molecule has 122 valence electrons. The third-order valence-electron chi connectivity index (χ3n) is 5.00. The topological polar surface area (TPSA) is 34.1 Å². The summed E-state index contributed by atoms with van der Waals surface area (Å²) in [6.45, 7) is 4.27. The van der Waals surface area contributed by atoms with Gasteiger partial charge >= 0.3 is 0 Å². The molecule has 2 aromatic carbocycles. The second-order valence-electron chi connectivity index (χ2n) is 6.67. The molecular formula is C22H22O2. The fraction of sp³-hybridized carbons (Fsp3) is 0.273. The molecule has 0 fully saturated rings. The van der Waals surface area contributed by atoms with Gasteiger partial charge in [-0.3, -0.25) is 9.59 Å². The van der Waals surface area contributed by atoms with Crippen LogP contribution in [0.4, 0.5) is 0 Å². The van der Waals surface area contributed by atoms with Gasteiger partial charge in [-0.15, -0.1) is 0 Å². The number of hydrogen-bond donors (Lipinski definition) is 0. The van der Waals surface area contributed by atoms with E-state index in [2.05, 4.69) is 13.8 Å². The summed E-state index contributed by atoms with van der Waals surface area (Å²) < 4.78 is 0. The van der Waals surface area contributed by atoms with Gasteiger partial charge < -0.3 is 0 Å². The molecule has 0 radical (unpaired) electrons. The number of Topliss-reactive ketones (excluding diaryl/α,β-unsaturated/α-hetero) is 2. The van der Waals surface area contributed by atoms with Crippen molar-refractivity contribution in [3.05, 3.63) is 83.4 Å². The minimum absolute atomic E-state index is 0.0244. The maximum absolute atomic E-state index is 13.0. The number of benzene rings is 2. The van der Waals surface area contributed by atoms with Crippen LogP contribution in [0.25, 0.3) is 0 Å². The predicted octanol–water partition coefficient (Wildman–Crippen LogP) is 4.97. The van der Waals surface area contributed by atoms with Gasteiger partial charge in [0, 0.05) is 16.7 Å². The molecule has 2 heteroatoms. The van der Waals surface area contributed by atoms with Gasteiger partial charge in [-0.25, -0.2) is 0 Å². The quantitative estimate of drug-likeness (QED) is 0.746. The van der Waals surface area contributed by atoms with E-state index in [0.29, 0.717) is 28.5 Å². The number of hydrogen-bond acceptors (Lipinski definition) is 2. The molecule has 2 aromatic rings. The van der Waals surface area contributed by atoms with Gasteiger partial charge in [0.1, 0.15) is 0 Å². The van der Waals surface area contributed by atoms with Crippen LogP contribution in [-0.2, 0) is 0 Å². The molecular weight excluding hydrogens is 296 g/mol. The lowest BCUT2D eigenvalue weighted by Crippen LogP contribution is -2.30. The van der Waals surface area contributed by atoms with Gasteiger partial charge in [0.15, 0.2) is 11.6 Å². The molecule has 1 aliphatic rings. The zero-order valence-electron chi connectivity index (χ0n) is 14.1. The molecule has 0 saturated heterocycles. The van der Waals surface area contributed by atoms with Crippen LogP contribution >= 0.6 is 0 Å². The van der Waals surface area contributed by atoms with Crippen molar-refractivity contribution in [2.24, 2.45) is 17.8 Å². The first kappa shape index (κ1) is 16.4. The number of carbonyl (C=O) groups excluding carboxylic acids is 2. The molecule has 2 nitrogen and oxygen atoms in total. The Morgan fingerprint density at radius 1 is 0.833 bits per heavy atom. The van der Waals surface area contributed by atoms with Gasteiger partial charge in [0.05, 0.1) is 5.92 Å². The Kier molecular flexibility index (Phi) is 4.75. The molecule has 0 spiro atoms. The Morgan fingerprint density at radius 2 is 1.38 bits per heavy atom. The Morgan fingerprint density at radius 3 is 1.96 bits per heavy atom. The highest BCUT2D eigenvalue weighted by Gasteiger charge is 2.35. The Bertz CT molecular complexity index is 759. The minimum atomic E-state index is -0.355. The van der Waals surface area contributed by atoms with Gasteiger partial charge in [-0.05, 0) is 18.3 Å². The largest absolute Gasteiger partial charge is 0.293 e. The second kappa shape index (κ2) is 6.96. The third-order valence-corrected chi connectivity index (χ3v) is 5.00. The van der Waals surface area contributed by atoms with E-state index >= 15 is 0 Å². The summed E-state index contributed by atoms with van der Waals surface area (Å²) in [6, 6.07) is 18.5. The van der Waals surface area contributed by atoms with Crippen molar-refractivity contribution < 1.29 is 9.59 Å². The monoisotopic (exact) mass is 318 g/mol. The highest BCUT2D eigenvalue weighted by molar-refractivity contribution is 6.14. The molecule has 24 heavy (non-hydrogen) atoms. The number of allylic oxidation sites excluding steroid dienone is 2. The van der Waals surface area contributed by atoms with Crippen molar-refractivity contribution >= 4 is 11.6 Å². The summed E-state index contributed by atoms with van der Waals surface area (Å²) in [6.07, 6.45) is 2.73. The molecule has 0 aromatic heterocycles. The average molecular weight is 318 g/mol. The van der Waals surface area contributed by atoms with Gasteiger partial charge in [0.25, 0.3) is 0 Å². The van der Waals surface area contributed by atoms with Crippen molar-refractivity contribution in [3.63, 3.8) is 0 Å². The van der Waals surface area contributed by atoms with Crippen LogP contribution in [-0.4, -0.2) is 11.6 Å². The second-order valence-corrected chi connectivity index (χ2v) is 6.67. The lowest BCUT2D eigenvalue weighted by molar-refractivity contribution is 0.0877. The van der Waals surface area contributed by atoms with Crippen LogP contribution in [0.3, 0.4) is 0 Å². The van der Waals surface area contributed by atoms with E-state index in [1.807, 2.05) is 66.7 Å². The molecule has 1 aliphatic carbocycles. The van der Waals surface area contributed by atoms with Crippen LogP contribution in [0, 0.1) is 17.8 Å². The predicted molar refractivity (Wildman–Crippen MR) is 96.1 cm³/mol. The Labute approximate surface area is 143 Å². The standard InChI is InChI=1S/C22H22O2/c1-15-13-19(21(23)17-9-5-3-6-10-17)20(14-16(15)2)22(24)18-11-7-4-8-12-18/h3-13,15-16,20H,14H2,1-2H3. The minimum Gasteiger partial charge on any atom is -0.293 e. The molecule has 3 unspecified atom stereocenters. The third kappa shape index (κ3) is 3.23. The molecule has 0 heterocycles. The molecule has 0 aliphatic heterocycles. The highest BCUT2D eigenvalue weighted by Crippen LogP contribution is 2.36. The maximum atomic E-state index is 13.0.